The fourth-order valence-electron chi connectivity index (χ4n) is 1.45. The largest absolute Gasteiger partial charge is 0.469 e. The van der Waals surface area contributed by atoms with E-state index in [1.54, 1.807) is 0 Å². The van der Waals surface area contributed by atoms with Gasteiger partial charge in [-0.25, -0.2) is 0 Å². The quantitative estimate of drug-likeness (QED) is 0.642. The fourth-order valence-corrected chi connectivity index (χ4v) is 2.52. The summed E-state index contributed by atoms with van der Waals surface area (Å²) in [6.07, 6.45) is -0.0474. The summed E-state index contributed by atoms with van der Waals surface area (Å²) in [6.45, 7) is 5.12. The van der Waals surface area contributed by atoms with E-state index in [1.807, 2.05) is 20.8 Å². The molecule has 124 valence electrons. The number of ether oxygens (including phenoxy) is 1. The van der Waals surface area contributed by atoms with Crippen molar-refractivity contribution in [2.45, 2.75) is 32.7 Å². The molecule has 0 fully saturated rings. The number of hydrogen-bond acceptors (Lipinski definition) is 5. The Morgan fingerprint density at radius 2 is 1.67 bits per heavy atom. The third kappa shape index (κ3) is 7.39. The Kier molecular flexibility index (Phi) is 7.28. The van der Waals surface area contributed by atoms with E-state index in [9.17, 15) is 18.0 Å². The molecular formula is C12H25N3O5S. The van der Waals surface area contributed by atoms with Crippen molar-refractivity contribution in [3.8, 4) is 0 Å². The van der Waals surface area contributed by atoms with Gasteiger partial charge in [-0.05, 0) is 20.8 Å². The highest BCUT2D eigenvalue weighted by molar-refractivity contribution is 7.86. The van der Waals surface area contributed by atoms with Crippen LogP contribution in [0.5, 0.6) is 0 Å². The topological polar surface area (TPSA) is 96.0 Å². The Morgan fingerprint density at radius 1 is 1.14 bits per heavy atom. The minimum absolute atomic E-state index is 0.0137. The van der Waals surface area contributed by atoms with Crippen molar-refractivity contribution in [2.75, 3.05) is 34.3 Å². The predicted molar refractivity (Wildman–Crippen MR) is 78.7 cm³/mol. The maximum Gasteiger partial charge on any atom is 0.306 e. The van der Waals surface area contributed by atoms with Gasteiger partial charge in [-0.3, -0.25) is 9.59 Å². The van der Waals surface area contributed by atoms with Crippen LogP contribution in [0.1, 0.15) is 27.2 Å². The van der Waals surface area contributed by atoms with Crippen molar-refractivity contribution in [3.63, 3.8) is 0 Å². The van der Waals surface area contributed by atoms with E-state index in [0.717, 1.165) is 8.61 Å². The van der Waals surface area contributed by atoms with Crippen LogP contribution < -0.4 is 5.32 Å². The molecule has 1 N–H and O–H groups in total. The molecule has 0 spiro atoms. The number of likely N-dealkylation sites (N-methyl/N-ethyl adjacent to an activating group) is 1. The molecule has 0 bridgehead atoms. The lowest BCUT2D eigenvalue weighted by molar-refractivity contribution is -0.140. The molecule has 1 amide bonds. The van der Waals surface area contributed by atoms with E-state index in [-0.39, 0.29) is 19.5 Å². The molecule has 0 aliphatic carbocycles. The van der Waals surface area contributed by atoms with Crippen molar-refractivity contribution in [1.29, 1.82) is 0 Å². The van der Waals surface area contributed by atoms with Gasteiger partial charge in [0.05, 0.1) is 20.1 Å². The summed E-state index contributed by atoms with van der Waals surface area (Å²) in [7, 11) is 0.0958. The van der Waals surface area contributed by atoms with E-state index in [1.165, 1.54) is 21.2 Å². The van der Waals surface area contributed by atoms with Gasteiger partial charge in [0.2, 0.25) is 5.91 Å². The Bertz CT molecular complexity index is 470. The monoisotopic (exact) mass is 323 g/mol. The second kappa shape index (κ2) is 7.71. The van der Waals surface area contributed by atoms with Gasteiger partial charge in [-0.1, -0.05) is 0 Å². The van der Waals surface area contributed by atoms with Crippen molar-refractivity contribution < 1.29 is 22.7 Å². The molecule has 0 heterocycles. The van der Waals surface area contributed by atoms with Crippen LogP contribution >= 0.6 is 0 Å². The van der Waals surface area contributed by atoms with Crippen molar-refractivity contribution in [2.24, 2.45) is 0 Å². The van der Waals surface area contributed by atoms with Gasteiger partial charge in [-0.15, -0.1) is 0 Å². The second-order valence-corrected chi connectivity index (χ2v) is 7.85. The molecule has 0 unspecified atom stereocenters. The molecule has 0 aromatic heterocycles. The van der Waals surface area contributed by atoms with E-state index in [2.05, 4.69) is 10.1 Å². The number of esters is 1. The Hall–Kier alpha value is -1.19. The van der Waals surface area contributed by atoms with Gasteiger partial charge in [0.15, 0.2) is 0 Å². The van der Waals surface area contributed by atoms with E-state index < -0.39 is 27.6 Å². The lowest BCUT2D eigenvalue weighted by atomic mass is 10.1. The standard InChI is InChI=1S/C12H25N3O5S/c1-12(2,3)13-10(16)9-15(5)21(18,19)14(4)8-7-11(17)20-6/h7-9H2,1-6H3,(H,13,16). The van der Waals surface area contributed by atoms with Gasteiger partial charge >= 0.3 is 5.97 Å². The molecule has 8 nitrogen and oxygen atoms in total. The van der Waals surface area contributed by atoms with Crippen molar-refractivity contribution in [3.05, 3.63) is 0 Å². The molecule has 9 heteroatoms. The summed E-state index contributed by atoms with van der Waals surface area (Å²) in [6, 6.07) is 0. The average Bonchev–Trinajstić information content (AvgIpc) is 2.32. The fraction of sp³-hybridized carbons (Fsp3) is 0.833. The number of carbonyl (C=O) groups excluding carboxylic acids is 2. The summed E-state index contributed by atoms with van der Waals surface area (Å²) >= 11 is 0. The third-order valence-electron chi connectivity index (χ3n) is 2.53. The number of rotatable bonds is 7. The van der Waals surface area contributed by atoms with Crippen LogP contribution in [0.15, 0.2) is 0 Å². The Morgan fingerprint density at radius 3 is 2.10 bits per heavy atom. The zero-order valence-electron chi connectivity index (χ0n) is 13.5. The molecule has 0 saturated carbocycles. The average molecular weight is 323 g/mol. The molecule has 0 rings (SSSR count). The van der Waals surface area contributed by atoms with Crippen LogP contribution in [0.3, 0.4) is 0 Å². The van der Waals surface area contributed by atoms with Gasteiger partial charge in [0.1, 0.15) is 0 Å². The van der Waals surface area contributed by atoms with Crippen LogP contribution in [-0.4, -0.2) is 68.7 Å². The van der Waals surface area contributed by atoms with Gasteiger partial charge in [0.25, 0.3) is 10.2 Å². The molecule has 0 aromatic rings. The highest BCUT2D eigenvalue weighted by Gasteiger charge is 2.26. The van der Waals surface area contributed by atoms with Crippen molar-refractivity contribution in [1.82, 2.24) is 13.9 Å². The lowest BCUT2D eigenvalue weighted by Crippen LogP contribution is -2.49. The highest BCUT2D eigenvalue weighted by atomic mass is 32.2. The van der Waals surface area contributed by atoms with Crippen LogP contribution in [0.4, 0.5) is 0 Å². The summed E-state index contributed by atoms with van der Waals surface area (Å²) in [5, 5.41) is 2.68. The van der Waals surface area contributed by atoms with Crippen LogP contribution in [-0.2, 0) is 24.5 Å². The second-order valence-electron chi connectivity index (χ2n) is 5.71. The summed E-state index contributed by atoms with van der Waals surface area (Å²) in [5.41, 5.74) is -0.432. The smallest absolute Gasteiger partial charge is 0.306 e. The Balaban J connectivity index is 4.61. The summed E-state index contributed by atoms with van der Waals surface area (Å²) in [4.78, 5) is 22.8. The summed E-state index contributed by atoms with van der Waals surface area (Å²) in [5.74, 6) is -0.889. The van der Waals surface area contributed by atoms with Crippen molar-refractivity contribution >= 4 is 22.1 Å². The van der Waals surface area contributed by atoms with Gasteiger partial charge in [-0.2, -0.15) is 17.0 Å². The number of nitrogens with zero attached hydrogens (tertiary/aromatic N) is 2. The number of methoxy groups -OCH3 is 1. The highest BCUT2D eigenvalue weighted by Crippen LogP contribution is 2.06. The lowest BCUT2D eigenvalue weighted by Gasteiger charge is -2.26. The first kappa shape index (κ1) is 19.8. The SMILES string of the molecule is COC(=O)CCN(C)S(=O)(=O)N(C)CC(=O)NC(C)(C)C. The third-order valence-corrected chi connectivity index (χ3v) is 4.41. The molecule has 0 saturated heterocycles. The van der Waals surface area contributed by atoms with Gasteiger partial charge < -0.3 is 10.1 Å². The van der Waals surface area contributed by atoms with Crippen LogP contribution in [0.2, 0.25) is 0 Å². The van der Waals surface area contributed by atoms with Crippen LogP contribution in [0, 0.1) is 0 Å². The maximum atomic E-state index is 12.2. The number of hydrogen-bond donors (Lipinski definition) is 1. The molecule has 0 aromatic carbocycles. The minimum atomic E-state index is -3.80. The van der Waals surface area contributed by atoms with Crippen LogP contribution in [0.25, 0.3) is 0 Å². The molecule has 21 heavy (non-hydrogen) atoms. The van der Waals surface area contributed by atoms with E-state index in [4.69, 9.17) is 0 Å². The molecule has 0 atom stereocenters. The molecule has 0 aliphatic rings. The normalized spacial score (nSPS) is 12.6. The summed E-state index contributed by atoms with van der Waals surface area (Å²) < 4.78 is 30.7. The zero-order valence-corrected chi connectivity index (χ0v) is 14.3. The minimum Gasteiger partial charge on any atom is -0.469 e. The van der Waals surface area contributed by atoms with E-state index in [0.29, 0.717) is 0 Å². The first-order valence-corrected chi connectivity index (χ1v) is 7.85. The zero-order chi connectivity index (χ0) is 16.8. The molecule has 0 radical (unpaired) electrons. The number of amides is 1. The van der Waals surface area contributed by atoms with E-state index >= 15 is 0 Å². The predicted octanol–water partition coefficient (Wildman–Crippen LogP) is -0.427. The maximum absolute atomic E-state index is 12.2. The number of carbonyl (C=O) groups is 2. The molecule has 0 aliphatic heterocycles. The first-order valence-electron chi connectivity index (χ1n) is 6.45. The number of nitrogens with one attached hydrogen (secondary N) is 1. The molecular weight excluding hydrogens is 298 g/mol. The first-order chi connectivity index (χ1) is 9.40. The van der Waals surface area contributed by atoms with Gasteiger partial charge in [0, 0.05) is 26.2 Å². The Labute approximate surface area is 126 Å².